The lowest BCUT2D eigenvalue weighted by Crippen LogP contribution is -2.50. The van der Waals surface area contributed by atoms with E-state index >= 15 is 26.3 Å². The van der Waals surface area contributed by atoms with E-state index in [4.69, 9.17) is 18.9 Å². The lowest BCUT2D eigenvalue weighted by atomic mass is 9.49. The third-order valence-corrected chi connectivity index (χ3v) is 24.8. The van der Waals surface area contributed by atoms with Gasteiger partial charge in [0.2, 0.25) is 13.6 Å². The molecule has 0 amide bonds. The zero-order valence-corrected chi connectivity index (χ0v) is 40.1. The lowest BCUT2D eigenvalue weighted by molar-refractivity contribution is -0.159. The molecule has 0 atom stereocenters. The van der Waals surface area contributed by atoms with Crippen molar-refractivity contribution >= 4 is 42.2 Å². The molecule has 11 rings (SSSR count). The molecule has 0 saturated heterocycles. The van der Waals surface area contributed by atoms with E-state index < -0.39 is 84.6 Å². The SMILES string of the molecule is Cc1c(OCOC(=O)CC23CC4CC(CC(C4)C2)C3)cccc1S(c1ccccc1)(c1cccc(OCOC(=O)CC23CC4CC(CC(C4)C2)C3)c1C)N(S(=O)(=O)C(F)(F)F)S(=O)(=O)C(F)(F)F. The van der Waals surface area contributed by atoms with Gasteiger partial charge in [-0.05, 0) is 177 Å². The highest BCUT2D eigenvalue weighted by Gasteiger charge is 2.68. The molecule has 0 unspecified atom stereocenters. The van der Waals surface area contributed by atoms with Crippen LogP contribution in [0.1, 0.15) is 101 Å². The number of hydrogen-bond acceptors (Lipinski definition) is 10. The second-order valence-corrected chi connectivity index (χ2v) is 27.6. The van der Waals surface area contributed by atoms with Gasteiger partial charge in [0.1, 0.15) is 11.5 Å². The Bertz CT molecular complexity index is 2430. The Kier molecular flexibility index (Phi) is 12.7. The van der Waals surface area contributed by atoms with Crippen LogP contribution in [-0.2, 0) is 39.1 Å². The van der Waals surface area contributed by atoms with Gasteiger partial charge in [0.15, 0.2) is 0 Å². The van der Waals surface area contributed by atoms with E-state index in [1.165, 1.54) is 44.2 Å². The van der Waals surface area contributed by atoms with Crippen molar-refractivity contribution in [1.82, 2.24) is 3.12 Å². The molecule has 11 nitrogen and oxygen atoms in total. The van der Waals surface area contributed by atoms with Crippen LogP contribution in [0.15, 0.2) is 81.4 Å². The molecule has 0 aliphatic heterocycles. The van der Waals surface area contributed by atoms with Crippen LogP contribution in [0, 0.1) is 60.2 Å². The van der Waals surface area contributed by atoms with Gasteiger partial charge in [-0.1, -0.05) is 40.5 Å². The Hall–Kier alpha value is -4.01. The van der Waals surface area contributed by atoms with Crippen molar-refractivity contribution in [1.29, 1.82) is 0 Å². The normalized spacial score (nSPS) is 29.9. The first-order chi connectivity index (χ1) is 32.0. The molecule has 68 heavy (non-hydrogen) atoms. The first-order valence-electron chi connectivity index (χ1n) is 23.0. The zero-order chi connectivity index (χ0) is 48.7. The van der Waals surface area contributed by atoms with Gasteiger partial charge in [0.25, 0.3) is 0 Å². The van der Waals surface area contributed by atoms with E-state index in [1.807, 2.05) is 0 Å². The van der Waals surface area contributed by atoms with E-state index in [-0.39, 0.29) is 46.3 Å². The lowest BCUT2D eigenvalue weighted by Gasteiger charge is -2.56. The maximum Gasteiger partial charge on any atom is 0.513 e. The molecule has 0 radical (unpaired) electrons. The van der Waals surface area contributed by atoms with Crippen LogP contribution in [0.3, 0.4) is 0 Å². The number of carbonyl (C=O) groups excluding carboxylic acids is 2. The Morgan fingerprint density at radius 2 is 0.882 bits per heavy atom. The maximum absolute atomic E-state index is 15.1. The van der Waals surface area contributed by atoms with Crippen molar-refractivity contribution in [2.24, 2.45) is 46.3 Å². The molecular formula is C48H55F6NO10S3. The number of sulfonamides is 2. The summed E-state index contributed by atoms with van der Waals surface area (Å²) in [4.78, 5) is 24.9. The fourth-order valence-corrected chi connectivity index (χ4v) is 23.7. The molecule has 372 valence electrons. The number of benzene rings is 3. The van der Waals surface area contributed by atoms with Crippen LogP contribution >= 0.6 is 10.2 Å². The molecule has 3 aromatic carbocycles. The number of halogens is 6. The largest absolute Gasteiger partial charge is 0.513 e. The summed E-state index contributed by atoms with van der Waals surface area (Å²) in [7, 11) is -20.1. The summed E-state index contributed by atoms with van der Waals surface area (Å²) in [6.07, 6.45) is 12.7. The van der Waals surface area contributed by atoms with Crippen LogP contribution in [0.4, 0.5) is 26.3 Å². The van der Waals surface area contributed by atoms with Crippen molar-refractivity contribution < 1.29 is 71.7 Å². The smallest absolute Gasteiger partial charge is 0.457 e. The Morgan fingerprint density at radius 3 is 1.21 bits per heavy atom. The first-order valence-corrected chi connectivity index (χ1v) is 27.5. The summed E-state index contributed by atoms with van der Waals surface area (Å²) >= 11 is 0. The van der Waals surface area contributed by atoms with Crippen LogP contribution < -0.4 is 9.47 Å². The number of hydrogen-bond donors (Lipinski definition) is 0. The summed E-state index contributed by atoms with van der Waals surface area (Å²) in [5.41, 5.74) is -14.1. The zero-order valence-electron chi connectivity index (χ0n) is 37.7. The fraction of sp³-hybridized carbons (Fsp3) is 0.583. The van der Waals surface area contributed by atoms with Crippen LogP contribution in [0.2, 0.25) is 0 Å². The molecule has 8 aliphatic carbocycles. The van der Waals surface area contributed by atoms with Crippen molar-refractivity contribution in [2.75, 3.05) is 13.6 Å². The average Bonchev–Trinajstić information content (AvgIpc) is 3.22. The summed E-state index contributed by atoms with van der Waals surface area (Å²) in [5.74, 6) is 1.74. The molecule has 0 spiro atoms. The Morgan fingerprint density at radius 1 is 0.544 bits per heavy atom. The fourth-order valence-electron chi connectivity index (χ4n) is 14.0. The number of ether oxygens (including phenoxy) is 4. The molecule has 8 bridgehead atoms. The van der Waals surface area contributed by atoms with Gasteiger partial charge < -0.3 is 18.9 Å². The van der Waals surface area contributed by atoms with Crippen molar-refractivity contribution in [3.05, 3.63) is 77.9 Å². The van der Waals surface area contributed by atoms with Gasteiger partial charge in [-0.3, -0.25) is 9.59 Å². The summed E-state index contributed by atoms with van der Waals surface area (Å²) in [5, 5.41) is 0. The third-order valence-electron chi connectivity index (χ3n) is 15.6. The third kappa shape index (κ3) is 8.79. The molecule has 20 heteroatoms. The van der Waals surface area contributed by atoms with Crippen LogP contribution in [0.25, 0.3) is 0 Å². The van der Waals surface area contributed by atoms with E-state index in [2.05, 4.69) is 0 Å². The molecule has 3 aromatic rings. The predicted octanol–water partition coefficient (Wildman–Crippen LogP) is 11.5. The second-order valence-electron chi connectivity index (χ2n) is 20.5. The number of esters is 2. The quantitative estimate of drug-likeness (QED) is 0.0773. The van der Waals surface area contributed by atoms with Gasteiger partial charge in [0.05, 0.1) is 12.8 Å². The minimum absolute atomic E-state index is 0.151. The van der Waals surface area contributed by atoms with Gasteiger partial charge in [-0.25, -0.2) is 16.8 Å². The summed E-state index contributed by atoms with van der Waals surface area (Å²) in [6, 6.07) is 12.8. The highest BCUT2D eigenvalue weighted by Crippen LogP contribution is 2.76. The van der Waals surface area contributed by atoms with Gasteiger partial charge >= 0.3 is 43.0 Å². The van der Waals surface area contributed by atoms with Crippen molar-refractivity contribution in [2.45, 2.75) is 129 Å². The Balaban J connectivity index is 1.09. The average molecular weight is 1020 g/mol. The van der Waals surface area contributed by atoms with Gasteiger partial charge in [0, 0.05) is 25.8 Å². The molecule has 0 aromatic heterocycles. The molecule has 8 fully saturated rings. The summed E-state index contributed by atoms with van der Waals surface area (Å²) < 4.78 is 168. The molecule has 8 saturated carbocycles. The van der Waals surface area contributed by atoms with E-state index in [0.717, 1.165) is 113 Å². The maximum atomic E-state index is 15.1. The van der Waals surface area contributed by atoms with Crippen molar-refractivity contribution in [3.63, 3.8) is 0 Å². The number of carbonyl (C=O) groups is 2. The monoisotopic (exact) mass is 1020 g/mol. The van der Waals surface area contributed by atoms with E-state index in [1.54, 1.807) is 0 Å². The summed E-state index contributed by atoms with van der Waals surface area (Å²) in [6.45, 7) is 1.01. The highest BCUT2D eigenvalue weighted by molar-refractivity contribution is 8.41. The van der Waals surface area contributed by atoms with Crippen molar-refractivity contribution in [3.8, 4) is 11.5 Å². The Labute approximate surface area is 394 Å². The van der Waals surface area contributed by atoms with Crippen LogP contribution in [0.5, 0.6) is 11.5 Å². The van der Waals surface area contributed by atoms with Crippen LogP contribution in [-0.4, -0.2) is 56.5 Å². The number of rotatable bonds is 16. The molecule has 8 aliphatic rings. The standard InChI is InChI=1S/C48H55F6NO10S3/c1-30-39(62-28-64-43(56)26-45-20-32-14-33(21-45)16-34(15-32)22-45)10-6-12-41(30)66(38-8-4-3-5-9-38,55(67(58,59)47(49,50)51)68(60,61)48(52,53)54)42-13-7-11-40(31(42)2)63-29-65-44(57)27-46-23-35-17-36(24-46)19-37(18-35)25-46/h3-13,32-37H,14-29H2,1-2H3. The molecule has 0 heterocycles. The minimum atomic E-state index is -7.50. The number of nitrogens with zero attached hydrogens (tertiary/aromatic N) is 1. The highest BCUT2D eigenvalue weighted by atomic mass is 32.4. The number of alkyl halides is 6. The topological polar surface area (TPSA) is 143 Å². The molecular weight excluding hydrogens is 961 g/mol. The predicted molar refractivity (Wildman–Crippen MR) is 237 cm³/mol. The second kappa shape index (κ2) is 17.7. The molecule has 0 N–H and O–H groups in total. The van der Waals surface area contributed by atoms with Gasteiger partial charge in [-0.2, -0.15) is 26.3 Å². The van der Waals surface area contributed by atoms with Gasteiger partial charge in [-0.15, -0.1) is 0 Å². The first kappa shape index (κ1) is 49.0. The van der Waals surface area contributed by atoms with E-state index in [0.29, 0.717) is 35.5 Å². The van der Waals surface area contributed by atoms with E-state index in [9.17, 15) is 26.4 Å². The minimum Gasteiger partial charge on any atom is -0.457 e.